The van der Waals surface area contributed by atoms with Crippen LogP contribution in [0.3, 0.4) is 0 Å². The predicted molar refractivity (Wildman–Crippen MR) is 90.8 cm³/mol. The largest absolute Gasteiger partial charge is 0.416 e. The minimum atomic E-state index is -0.443. The van der Waals surface area contributed by atoms with Crippen LogP contribution in [0.2, 0.25) is 0 Å². The second-order valence-corrected chi connectivity index (χ2v) is 6.80. The van der Waals surface area contributed by atoms with Gasteiger partial charge in [-0.15, -0.1) is 21.5 Å². The highest BCUT2D eigenvalue weighted by atomic mass is 32.1. The van der Waals surface area contributed by atoms with Gasteiger partial charge in [-0.1, -0.05) is 0 Å². The van der Waals surface area contributed by atoms with Crippen molar-refractivity contribution in [3.8, 4) is 22.9 Å². The first kappa shape index (κ1) is 14.8. The maximum absolute atomic E-state index is 10.7. The third kappa shape index (κ3) is 2.44. The molecule has 0 spiro atoms. The monoisotopic (exact) mass is 342 g/mol. The topological polar surface area (TPSA) is 108 Å². The van der Waals surface area contributed by atoms with Crippen molar-refractivity contribution < 1.29 is 9.34 Å². The molecule has 8 heteroatoms. The van der Waals surface area contributed by atoms with Crippen molar-refractivity contribution in [2.75, 3.05) is 5.73 Å². The summed E-state index contributed by atoms with van der Waals surface area (Å²) < 4.78 is 5.80. The van der Waals surface area contributed by atoms with E-state index in [0.717, 1.165) is 24.8 Å². The Morgan fingerprint density at radius 3 is 2.58 bits per heavy atom. The first-order valence-electron chi connectivity index (χ1n) is 7.62. The maximum Gasteiger partial charge on any atom is 0.269 e. The standard InChI is InChI=1S/C16H14N4O3S/c17-14-13(11-3-1-2-4-12(11)24-14)16-19-18-15(23-16)9-5-7-10(8-6-9)20(21)22/h5-8H,1-4,17H2. The first-order chi connectivity index (χ1) is 11.6. The molecule has 2 aromatic heterocycles. The number of fused-ring (bicyclic) bond motifs is 1. The van der Waals surface area contributed by atoms with Gasteiger partial charge in [-0.2, -0.15) is 0 Å². The second kappa shape index (κ2) is 5.72. The molecule has 7 nitrogen and oxygen atoms in total. The maximum atomic E-state index is 10.7. The van der Waals surface area contributed by atoms with Crippen LogP contribution < -0.4 is 5.73 Å². The summed E-state index contributed by atoms with van der Waals surface area (Å²) >= 11 is 1.60. The van der Waals surface area contributed by atoms with Crippen molar-refractivity contribution in [3.05, 3.63) is 44.8 Å². The van der Waals surface area contributed by atoms with Crippen LogP contribution >= 0.6 is 11.3 Å². The van der Waals surface area contributed by atoms with E-state index >= 15 is 0 Å². The van der Waals surface area contributed by atoms with Crippen molar-refractivity contribution in [2.24, 2.45) is 0 Å². The predicted octanol–water partition coefficient (Wildman–Crippen LogP) is 3.83. The Morgan fingerprint density at radius 1 is 1.12 bits per heavy atom. The molecule has 2 N–H and O–H groups in total. The summed E-state index contributed by atoms with van der Waals surface area (Å²) in [5.41, 5.74) is 8.92. The number of thiophene rings is 1. The molecule has 24 heavy (non-hydrogen) atoms. The Kier molecular flexibility index (Phi) is 3.53. The molecule has 0 aliphatic heterocycles. The number of nitrogen functional groups attached to an aromatic ring is 1. The number of aromatic nitrogens is 2. The molecule has 0 saturated heterocycles. The number of anilines is 1. The quantitative estimate of drug-likeness (QED) is 0.572. The number of benzene rings is 1. The fraction of sp³-hybridized carbons (Fsp3) is 0.250. The van der Waals surface area contributed by atoms with Gasteiger partial charge in [0.05, 0.1) is 15.5 Å². The van der Waals surface area contributed by atoms with Crippen molar-refractivity contribution in [1.82, 2.24) is 10.2 Å². The molecule has 0 fully saturated rings. The summed E-state index contributed by atoms with van der Waals surface area (Å²) in [5.74, 6) is 0.746. The number of nitrogens with two attached hydrogens (primary N) is 1. The van der Waals surface area contributed by atoms with E-state index in [1.54, 1.807) is 23.5 Å². The van der Waals surface area contributed by atoms with Gasteiger partial charge in [0.25, 0.3) is 11.6 Å². The number of nitro benzene ring substituents is 1. The molecule has 0 unspecified atom stereocenters. The van der Waals surface area contributed by atoms with Crippen molar-refractivity contribution >= 4 is 22.0 Å². The Morgan fingerprint density at radius 2 is 1.83 bits per heavy atom. The molecule has 2 heterocycles. The number of non-ortho nitro benzene ring substituents is 1. The number of nitro groups is 1. The molecule has 0 radical (unpaired) electrons. The fourth-order valence-corrected chi connectivity index (χ4v) is 4.14. The normalized spacial score (nSPS) is 13.7. The third-order valence-corrected chi connectivity index (χ3v) is 5.28. The van der Waals surface area contributed by atoms with Crippen LogP contribution in [0.5, 0.6) is 0 Å². The lowest BCUT2D eigenvalue weighted by atomic mass is 9.95. The van der Waals surface area contributed by atoms with Gasteiger partial charge in [0.1, 0.15) is 0 Å². The highest BCUT2D eigenvalue weighted by molar-refractivity contribution is 7.16. The van der Waals surface area contributed by atoms with E-state index in [1.807, 2.05) is 0 Å². The summed E-state index contributed by atoms with van der Waals surface area (Å²) in [4.78, 5) is 11.6. The van der Waals surface area contributed by atoms with E-state index in [2.05, 4.69) is 10.2 Å². The molecule has 3 aromatic rings. The zero-order chi connectivity index (χ0) is 16.7. The molecule has 122 valence electrons. The summed E-state index contributed by atoms with van der Waals surface area (Å²) in [7, 11) is 0. The summed E-state index contributed by atoms with van der Waals surface area (Å²) in [5, 5.41) is 19.6. The number of rotatable bonds is 3. The lowest BCUT2D eigenvalue weighted by Crippen LogP contribution is -1.99. The Hall–Kier alpha value is -2.74. The summed E-state index contributed by atoms with van der Waals surface area (Å²) in [6, 6.07) is 6.03. The molecule has 0 saturated carbocycles. The Bertz CT molecular complexity index is 914. The molecule has 0 bridgehead atoms. The van der Waals surface area contributed by atoms with Crippen LogP contribution in [0, 0.1) is 10.1 Å². The summed E-state index contributed by atoms with van der Waals surface area (Å²) in [6.07, 6.45) is 4.35. The lowest BCUT2D eigenvalue weighted by Gasteiger charge is -2.10. The Balaban J connectivity index is 1.70. The average molecular weight is 342 g/mol. The van der Waals surface area contributed by atoms with Crippen molar-refractivity contribution in [3.63, 3.8) is 0 Å². The van der Waals surface area contributed by atoms with Gasteiger partial charge >= 0.3 is 0 Å². The average Bonchev–Trinajstić information content (AvgIpc) is 3.18. The fourth-order valence-electron chi connectivity index (χ4n) is 2.99. The van der Waals surface area contributed by atoms with E-state index in [9.17, 15) is 10.1 Å². The van der Waals surface area contributed by atoms with Gasteiger partial charge in [-0.3, -0.25) is 10.1 Å². The zero-order valence-electron chi connectivity index (χ0n) is 12.7. The van der Waals surface area contributed by atoms with Gasteiger partial charge in [0.15, 0.2) is 0 Å². The molecule has 4 rings (SSSR count). The molecule has 0 atom stereocenters. The smallest absolute Gasteiger partial charge is 0.269 e. The summed E-state index contributed by atoms with van der Waals surface area (Å²) in [6.45, 7) is 0. The first-order valence-corrected chi connectivity index (χ1v) is 8.44. The van der Waals surface area contributed by atoms with E-state index in [1.165, 1.54) is 29.0 Å². The number of hydrogen-bond donors (Lipinski definition) is 1. The van der Waals surface area contributed by atoms with Gasteiger partial charge in [-0.25, -0.2) is 0 Å². The van der Waals surface area contributed by atoms with Gasteiger partial charge in [-0.05, 0) is 43.4 Å². The highest BCUT2D eigenvalue weighted by Gasteiger charge is 2.24. The van der Waals surface area contributed by atoms with E-state index in [4.69, 9.17) is 10.2 Å². The van der Waals surface area contributed by atoms with Crippen LogP contribution in [0.25, 0.3) is 22.9 Å². The van der Waals surface area contributed by atoms with E-state index in [0.29, 0.717) is 22.3 Å². The molecular formula is C16H14N4O3S. The van der Waals surface area contributed by atoms with Gasteiger partial charge in [0.2, 0.25) is 5.89 Å². The minimum Gasteiger partial charge on any atom is -0.416 e. The number of aryl methyl sites for hydroxylation is 1. The van der Waals surface area contributed by atoms with Crippen molar-refractivity contribution in [2.45, 2.75) is 25.7 Å². The van der Waals surface area contributed by atoms with E-state index in [-0.39, 0.29) is 5.69 Å². The second-order valence-electron chi connectivity index (χ2n) is 5.67. The molecular weight excluding hydrogens is 328 g/mol. The van der Waals surface area contributed by atoms with Crippen LogP contribution in [-0.4, -0.2) is 15.1 Å². The van der Waals surface area contributed by atoms with Crippen LogP contribution in [0.15, 0.2) is 28.7 Å². The van der Waals surface area contributed by atoms with Gasteiger partial charge < -0.3 is 10.2 Å². The lowest BCUT2D eigenvalue weighted by molar-refractivity contribution is -0.384. The van der Waals surface area contributed by atoms with Gasteiger partial charge in [0, 0.05) is 22.6 Å². The third-order valence-electron chi connectivity index (χ3n) is 4.16. The minimum absolute atomic E-state index is 0.0228. The van der Waals surface area contributed by atoms with Crippen LogP contribution in [0.4, 0.5) is 10.7 Å². The molecule has 0 amide bonds. The highest BCUT2D eigenvalue weighted by Crippen LogP contribution is 2.42. The van der Waals surface area contributed by atoms with Crippen LogP contribution in [0.1, 0.15) is 23.3 Å². The SMILES string of the molecule is Nc1sc2c(c1-c1nnc(-c3ccc([N+](=O)[O-])cc3)o1)CCCC2. The molecule has 1 aromatic carbocycles. The number of hydrogen-bond acceptors (Lipinski definition) is 7. The molecule has 1 aliphatic rings. The zero-order valence-corrected chi connectivity index (χ0v) is 13.5. The Labute approximate surface area is 141 Å². The van der Waals surface area contributed by atoms with E-state index < -0.39 is 4.92 Å². The van der Waals surface area contributed by atoms with Crippen LogP contribution in [-0.2, 0) is 12.8 Å². The molecule has 1 aliphatic carbocycles. The van der Waals surface area contributed by atoms with Crippen molar-refractivity contribution in [1.29, 1.82) is 0 Å². The number of nitrogens with zero attached hydrogens (tertiary/aromatic N) is 3.